The smallest absolute Gasteiger partial charge is 0.0642 e. The van der Waals surface area contributed by atoms with E-state index in [1.165, 1.54) is 102 Å². The molecule has 2 saturated heterocycles. The molecule has 3 aliphatic rings. The van der Waals surface area contributed by atoms with Gasteiger partial charge in [0.1, 0.15) is 0 Å². The standard InChI is InChI=1S/C29H49N3O/c1-4-7-8-15-30-16-18-32(19-17-30)28-10-9-26(31-20-22-33-23-21-31)24-27(28)25-11-13-29(5-2,6-3)14-12-25/h9-10,24-25H,4-8,11-23H2,1-3H3. The molecule has 0 amide bonds. The number of rotatable bonds is 9. The minimum atomic E-state index is 0.600. The van der Waals surface area contributed by atoms with Crippen LogP contribution in [0, 0.1) is 5.41 Å². The molecule has 0 unspecified atom stereocenters. The van der Waals surface area contributed by atoms with Crippen LogP contribution in [0.2, 0.25) is 0 Å². The summed E-state index contributed by atoms with van der Waals surface area (Å²) in [6.45, 7) is 17.0. The molecule has 2 aliphatic heterocycles. The molecule has 33 heavy (non-hydrogen) atoms. The van der Waals surface area contributed by atoms with Crippen molar-refractivity contribution in [2.24, 2.45) is 5.41 Å². The lowest BCUT2D eigenvalue weighted by Gasteiger charge is -2.42. The Balaban J connectivity index is 1.50. The van der Waals surface area contributed by atoms with Gasteiger partial charge in [-0.2, -0.15) is 0 Å². The van der Waals surface area contributed by atoms with Crippen LogP contribution in [-0.4, -0.2) is 63.9 Å². The molecule has 4 heteroatoms. The highest BCUT2D eigenvalue weighted by Gasteiger charge is 2.34. The van der Waals surface area contributed by atoms with Crippen molar-refractivity contribution in [3.63, 3.8) is 0 Å². The van der Waals surface area contributed by atoms with Crippen LogP contribution < -0.4 is 9.80 Å². The summed E-state index contributed by atoms with van der Waals surface area (Å²) in [7, 11) is 0. The molecule has 2 heterocycles. The first kappa shape index (κ1) is 24.9. The van der Waals surface area contributed by atoms with E-state index in [2.05, 4.69) is 53.7 Å². The van der Waals surface area contributed by atoms with Gasteiger partial charge in [0.15, 0.2) is 0 Å². The summed E-state index contributed by atoms with van der Waals surface area (Å²) in [5.41, 5.74) is 5.19. The molecule has 0 radical (unpaired) electrons. The van der Waals surface area contributed by atoms with Gasteiger partial charge < -0.3 is 14.5 Å². The second-order valence-electron chi connectivity index (χ2n) is 10.9. The summed E-state index contributed by atoms with van der Waals surface area (Å²) in [5, 5.41) is 0. The first-order valence-corrected chi connectivity index (χ1v) is 14.1. The maximum absolute atomic E-state index is 5.62. The van der Waals surface area contributed by atoms with E-state index in [1.807, 2.05) is 0 Å². The summed E-state index contributed by atoms with van der Waals surface area (Å²) in [5.74, 6) is 0.717. The molecular formula is C29H49N3O. The zero-order valence-electron chi connectivity index (χ0n) is 21.8. The van der Waals surface area contributed by atoms with Gasteiger partial charge in [-0.15, -0.1) is 0 Å². The van der Waals surface area contributed by atoms with E-state index in [-0.39, 0.29) is 0 Å². The Morgan fingerprint density at radius 2 is 1.55 bits per heavy atom. The highest BCUT2D eigenvalue weighted by molar-refractivity contribution is 5.63. The molecule has 4 nitrogen and oxygen atoms in total. The summed E-state index contributed by atoms with van der Waals surface area (Å²) in [6, 6.07) is 7.43. The molecule has 0 atom stereocenters. The zero-order valence-corrected chi connectivity index (χ0v) is 21.8. The first-order valence-electron chi connectivity index (χ1n) is 14.1. The van der Waals surface area contributed by atoms with Crippen LogP contribution in [0.4, 0.5) is 11.4 Å². The quantitative estimate of drug-likeness (QED) is 0.407. The van der Waals surface area contributed by atoms with Crippen LogP contribution in [0.3, 0.4) is 0 Å². The fraction of sp³-hybridized carbons (Fsp3) is 0.793. The predicted octanol–water partition coefficient (Wildman–Crippen LogP) is 6.30. The van der Waals surface area contributed by atoms with Crippen molar-refractivity contribution in [1.29, 1.82) is 0 Å². The molecule has 1 saturated carbocycles. The van der Waals surface area contributed by atoms with Gasteiger partial charge in [-0.3, -0.25) is 4.90 Å². The van der Waals surface area contributed by atoms with Crippen LogP contribution >= 0.6 is 0 Å². The fourth-order valence-electron chi connectivity index (χ4n) is 6.47. The molecule has 0 N–H and O–H groups in total. The number of morpholine rings is 1. The number of hydrogen-bond donors (Lipinski definition) is 0. The third-order valence-electron chi connectivity index (χ3n) is 9.16. The average Bonchev–Trinajstić information content (AvgIpc) is 2.89. The lowest BCUT2D eigenvalue weighted by molar-refractivity contribution is 0.122. The van der Waals surface area contributed by atoms with Crippen molar-refractivity contribution in [3.8, 4) is 0 Å². The van der Waals surface area contributed by atoms with E-state index in [9.17, 15) is 0 Å². The molecule has 1 aromatic carbocycles. The minimum Gasteiger partial charge on any atom is -0.378 e. The number of unbranched alkanes of at least 4 members (excludes halogenated alkanes) is 2. The lowest BCUT2D eigenvalue weighted by Crippen LogP contribution is -2.47. The lowest BCUT2D eigenvalue weighted by atomic mass is 9.66. The number of anilines is 2. The zero-order chi connectivity index (χ0) is 23.1. The maximum Gasteiger partial charge on any atom is 0.0642 e. The molecule has 1 aliphatic carbocycles. The molecule has 4 rings (SSSR count). The minimum absolute atomic E-state index is 0.600. The van der Waals surface area contributed by atoms with Crippen LogP contribution in [-0.2, 0) is 4.74 Å². The van der Waals surface area contributed by atoms with Gasteiger partial charge in [0, 0.05) is 50.6 Å². The van der Waals surface area contributed by atoms with Crippen molar-refractivity contribution in [3.05, 3.63) is 23.8 Å². The van der Waals surface area contributed by atoms with Gasteiger partial charge in [0.25, 0.3) is 0 Å². The van der Waals surface area contributed by atoms with Crippen molar-refractivity contribution in [1.82, 2.24) is 4.90 Å². The van der Waals surface area contributed by atoms with Gasteiger partial charge in [-0.25, -0.2) is 0 Å². The monoisotopic (exact) mass is 455 g/mol. The third-order valence-corrected chi connectivity index (χ3v) is 9.16. The Morgan fingerprint density at radius 1 is 0.848 bits per heavy atom. The highest BCUT2D eigenvalue weighted by Crippen LogP contribution is 2.49. The number of ether oxygens (including phenoxy) is 1. The normalized spacial score (nSPS) is 22.6. The fourth-order valence-corrected chi connectivity index (χ4v) is 6.47. The SMILES string of the molecule is CCCCCN1CCN(c2ccc(N3CCOCC3)cc2C2CCC(CC)(CC)CC2)CC1. The summed E-state index contributed by atoms with van der Waals surface area (Å²) in [6.07, 6.45) is 12.2. The van der Waals surface area contributed by atoms with Gasteiger partial charge in [-0.1, -0.05) is 46.5 Å². The van der Waals surface area contributed by atoms with Gasteiger partial charge in [0.05, 0.1) is 13.2 Å². The summed E-state index contributed by atoms with van der Waals surface area (Å²) in [4.78, 5) is 7.93. The van der Waals surface area contributed by atoms with Crippen LogP contribution in [0.25, 0.3) is 0 Å². The Kier molecular flexibility index (Phi) is 8.98. The Hall–Kier alpha value is -1.26. The first-order chi connectivity index (χ1) is 16.2. The summed E-state index contributed by atoms with van der Waals surface area (Å²) < 4.78 is 5.62. The largest absolute Gasteiger partial charge is 0.378 e. The van der Waals surface area contributed by atoms with Crippen LogP contribution in [0.15, 0.2) is 18.2 Å². The van der Waals surface area contributed by atoms with Crippen molar-refractivity contribution >= 4 is 11.4 Å². The molecular weight excluding hydrogens is 406 g/mol. The Bertz CT molecular complexity index is 708. The van der Waals surface area contributed by atoms with Crippen molar-refractivity contribution in [2.45, 2.75) is 84.5 Å². The maximum atomic E-state index is 5.62. The highest BCUT2D eigenvalue weighted by atomic mass is 16.5. The topological polar surface area (TPSA) is 19.0 Å². The van der Waals surface area contributed by atoms with E-state index in [4.69, 9.17) is 4.74 Å². The van der Waals surface area contributed by atoms with Crippen molar-refractivity contribution < 1.29 is 4.74 Å². The second kappa shape index (κ2) is 11.9. The molecule has 1 aromatic rings. The molecule has 3 fully saturated rings. The van der Waals surface area contributed by atoms with E-state index in [0.29, 0.717) is 5.41 Å². The van der Waals surface area contributed by atoms with Crippen LogP contribution in [0.1, 0.15) is 90.0 Å². The average molecular weight is 456 g/mol. The molecule has 0 aromatic heterocycles. The number of benzene rings is 1. The van der Waals surface area contributed by atoms with E-state index >= 15 is 0 Å². The number of hydrogen-bond acceptors (Lipinski definition) is 4. The van der Waals surface area contributed by atoms with Gasteiger partial charge >= 0.3 is 0 Å². The second-order valence-corrected chi connectivity index (χ2v) is 10.9. The van der Waals surface area contributed by atoms with Crippen molar-refractivity contribution in [2.75, 3.05) is 68.8 Å². The molecule has 0 bridgehead atoms. The van der Waals surface area contributed by atoms with Crippen LogP contribution in [0.5, 0.6) is 0 Å². The number of piperazine rings is 1. The molecule has 0 spiro atoms. The Labute approximate surface area is 203 Å². The summed E-state index contributed by atoms with van der Waals surface area (Å²) >= 11 is 0. The molecule has 186 valence electrons. The van der Waals surface area contributed by atoms with Gasteiger partial charge in [-0.05, 0) is 73.7 Å². The third kappa shape index (κ3) is 6.06. The van der Waals surface area contributed by atoms with E-state index < -0.39 is 0 Å². The van der Waals surface area contributed by atoms with E-state index in [0.717, 1.165) is 32.2 Å². The Morgan fingerprint density at radius 3 is 2.18 bits per heavy atom. The number of nitrogens with zero attached hydrogens (tertiary/aromatic N) is 3. The predicted molar refractivity (Wildman–Crippen MR) is 142 cm³/mol. The van der Waals surface area contributed by atoms with Gasteiger partial charge in [0.2, 0.25) is 0 Å². The van der Waals surface area contributed by atoms with E-state index in [1.54, 1.807) is 5.56 Å².